The van der Waals surface area contributed by atoms with E-state index >= 15 is 0 Å². The summed E-state index contributed by atoms with van der Waals surface area (Å²) in [6.07, 6.45) is 4.70. The molecule has 76 valence electrons. The summed E-state index contributed by atoms with van der Waals surface area (Å²) in [7, 11) is 0. The van der Waals surface area contributed by atoms with Gasteiger partial charge < -0.3 is 14.2 Å². The van der Waals surface area contributed by atoms with Crippen LogP contribution in [0.1, 0.15) is 25.7 Å². The minimum atomic E-state index is 0.0642. The molecule has 0 aromatic heterocycles. The molecule has 0 amide bonds. The van der Waals surface area contributed by atoms with Crippen molar-refractivity contribution in [1.82, 2.24) is 0 Å². The molecule has 2 saturated heterocycles. The summed E-state index contributed by atoms with van der Waals surface area (Å²) in [5, 5.41) is 0. The van der Waals surface area contributed by atoms with Crippen LogP contribution in [0.2, 0.25) is 0 Å². The maximum Gasteiger partial charge on any atom is 0.157 e. The van der Waals surface area contributed by atoms with Gasteiger partial charge in [0.15, 0.2) is 6.29 Å². The molecular weight excluding hydrogens is 168 g/mol. The highest BCUT2D eigenvalue weighted by atomic mass is 16.7. The number of ether oxygens (including phenoxy) is 3. The Balaban J connectivity index is 1.60. The molecule has 2 heterocycles. The molecule has 0 bridgehead atoms. The van der Waals surface area contributed by atoms with Gasteiger partial charge in [-0.15, -0.1) is 0 Å². The van der Waals surface area contributed by atoms with Gasteiger partial charge in [-0.25, -0.2) is 0 Å². The van der Waals surface area contributed by atoms with E-state index in [0.717, 1.165) is 39.3 Å². The molecule has 0 aliphatic carbocycles. The smallest absolute Gasteiger partial charge is 0.157 e. The Hall–Kier alpha value is -0.120. The Labute approximate surface area is 79.4 Å². The van der Waals surface area contributed by atoms with Crippen LogP contribution in [0.25, 0.3) is 0 Å². The first-order valence-electron chi connectivity index (χ1n) is 5.26. The lowest BCUT2D eigenvalue weighted by Gasteiger charge is -2.23. The summed E-state index contributed by atoms with van der Waals surface area (Å²) in [6, 6.07) is 0. The SMILES string of the molecule is C1CC[C@@H](OC[C@@H]2CCOC2)OC1. The lowest BCUT2D eigenvalue weighted by molar-refractivity contribution is -0.168. The summed E-state index contributed by atoms with van der Waals surface area (Å²) in [4.78, 5) is 0. The van der Waals surface area contributed by atoms with Crippen molar-refractivity contribution in [1.29, 1.82) is 0 Å². The fraction of sp³-hybridized carbons (Fsp3) is 1.00. The third kappa shape index (κ3) is 2.93. The third-order valence-corrected chi connectivity index (χ3v) is 2.68. The van der Waals surface area contributed by atoms with Crippen LogP contribution >= 0.6 is 0 Å². The van der Waals surface area contributed by atoms with Crippen molar-refractivity contribution in [2.24, 2.45) is 5.92 Å². The van der Waals surface area contributed by atoms with E-state index in [-0.39, 0.29) is 6.29 Å². The molecule has 2 aliphatic rings. The molecule has 0 unspecified atom stereocenters. The molecule has 0 radical (unpaired) electrons. The molecule has 3 heteroatoms. The van der Waals surface area contributed by atoms with Gasteiger partial charge in [-0.05, 0) is 25.7 Å². The largest absolute Gasteiger partial charge is 0.381 e. The van der Waals surface area contributed by atoms with Crippen LogP contribution in [0.15, 0.2) is 0 Å². The number of hydrogen-bond donors (Lipinski definition) is 0. The Morgan fingerprint density at radius 3 is 2.85 bits per heavy atom. The van der Waals surface area contributed by atoms with Crippen molar-refractivity contribution in [2.45, 2.75) is 32.0 Å². The monoisotopic (exact) mass is 186 g/mol. The summed E-state index contributed by atoms with van der Waals surface area (Å²) in [5.74, 6) is 0.602. The zero-order valence-corrected chi connectivity index (χ0v) is 8.04. The van der Waals surface area contributed by atoms with Gasteiger partial charge in [0.25, 0.3) is 0 Å². The van der Waals surface area contributed by atoms with Crippen molar-refractivity contribution in [3.8, 4) is 0 Å². The van der Waals surface area contributed by atoms with Gasteiger partial charge in [-0.3, -0.25) is 0 Å². The molecule has 0 saturated carbocycles. The standard InChI is InChI=1S/C10H18O3/c1-2-5-12-10(3-1)13-8-9-4-6-11-7-9/h9-10H,1-8H2/t9-,10-/m1/s1. The van der Waals surface area contributed by atoms with E-state index in [1.54, 1.807) is 0 Å². The summed E-state index contributed by atoms with van der Waals surface area (Å²) in [6.45, 7) is 3.45. The van der Waals surface area contributed by atoms with Gasteiger partial charge in [-0.2, -0.15) is 0 Å². The van der Waals surface area contributed by atoms with Gasteiger partial charge in [0, 0.05) is 19.1 Å². The van der Waals surface area contributed by atoms with Crippen molar-refractivity contribution >= 4 is 0 Å². The normalized spacial score (nSPS) is 35.1. The van der Waals surface area contributed by atoms with E-state index in [2.05, 4.69) is 0 Å². The average molecular weight is 186 g/mol. The van der Waals surface area contributed by atoms with E-state index in [1.807, 2.05) is 0 Å². The first kappa shape index (κ1) is 9.44. The van der Waals surface area contributed by atoms with E-state index in [9.17, 15) is 0 Å². The molecule has 13 heavy (non-hydrogen) atoms. The minimum Gasteiger partial charge on any atom is -0.381 e. The second-order valence-electron chi connectivity index (χ2n) is 3.86. The second kappa shape index (κ2) is 4.94. The lowest BCUT2D eigenvalue weighted by Crippen LogP contribution is -2.25. The van der Waals surface area contributed by atoms with E-state index in [0.29, 0.717) is 5.92 Å². The van der Waals surface area contributed by atoms with E-state index in [4.69, 9.17) is 14.2 Å². The highest BCUT2D eigenvalue weighted by Gasteiger charge is 2.19. The summed E-state index contributed by atoms with van der Waals surface area (Å²) in [5.41, 5.74) is 0. The van der Waals surface area contributed by atoms with Crippen LogP contribution in [0.5, 0.6) is 0 Å². The first-order valence-corrected chi connectivity index (χ1v) is 5.26. The third-order valence-electron chi connectivity index (χ3n) is 2.68. The molecule has 2 fully saturated rings. The molecule has 2 aliphatic heterocycles. The summed E-state index contributed by atoms with van der Waals surface area (Å²) < 4.78 is 16.4. The Bertz CT molecular complexity index is 137. The molecule has 2 atom stereocenters. The fourth-order valence-corrected chi connectivity index (χ4v) is 1.80. The van der Waals surface area contributed by atoms with Crippen molar-refractivity contribution in [3.05, 3.63) is 0 Å². The van der Waals surface area contributed by atoms with Crippen LogP contribution in [0.3, 0.4) is 0 Å². The van der Waals surface area contributed by atoms with E-state index in [1.165, 1.54) is 12.8 Å². The Kier molecular flexibility index (Phi) is 3.58. The molecular formula is C10H18O3. The Morgan fingerprint density at radius 2 is 2.15 bits per heavy atom. The lowest BCUT2D eigenvalue weighted by atomic mass is 10.1. The first-order chi connectivity index (χ1) is 6.45. The highest BCUT2D eigenvalue weighted by Crippen LogP contribution is 2.17. The van der Waals surface area contributed by atoms with Gasteiger partial charge in [0.1, 0.15) is 0 Å². The van der Waals surface area contributed by atoms with Crippen molar-refractivity contribution in [2.75, 3.05) is 26.4 Å². The predicted molar refractivity (Wildman–Crippen MR) is 48.5 cm³/mol. The van der Waals surface area contributed by atoms with E-state index < -0.39 is 0 Å². The van der Waals surface area contributed by atoms with Gasteiger partial charge >= 0.3 is 0 Å². The molecule has 2 rings (SSSR count). The predicted octanol–water partition coefficient (Wildman–Crippen LogP) is 1.57. The highest BCUT2D eigenvalue weighted by molar-refractivity contribution is 4.64. The minimum absolute atomic E-state index is 0.0642. The number of hydrogen-bond acceptors (Lipinski definition) is 3. The van der Waals surface area contributed by atoms with Crippen LogP contribution in [0, 0.1) is 5.92 Å². The van der Waals surface area contributed by atoms with Gasteiger partial charge in [0.2, 0.25) is 0 Å². The quantitative estimate of drug-likeness (QED) is 0.669. The number of rotatable bonds is 3. The maximum atomic E-state index is 5.66. The molecule has 3 nitrogen and oxygen atoms in total. The zero-order valence-electron chi connectivity index (χ0n) is 8.04. The maximum absolute atomic E-state index is 5.66. The van der Waals surface area contributed by atoms with Crippen LogP contribution < -0.4 is 0 Å². The van der Waals surface area contributed by atoms with Gasteiger partial charge in [-0.1, -0.05) is 0 Å². The van der Waals surface area contributed by atoms with Crippen molar-refractivity contribution in [3.63, 3.8) is 0 Å². The van der Waals surface area contributed by atoms with Crippen LogP contribution in [-0.4, -0.2) is 32.7 Å². The van der Waals surface area contributed by atoms with Crippen molar-refractivity contribution < 1.29 is 14.2 Å². The average Bonchev–Trinajstić information content (AvgIpc) is 2.69. The molecule has 0 N–H and O–H groups in total. The molecule has 0 spiro atoms. The Morgan fingerprint density at radius 1 is 1.15 bits per heavy atom. The zero-order chi connectivity index (χ0) is 8.93. The topological polar surface area (TPSA) is 27.7 Å². The molecule has 0 aromatic carbocycles. The second-order valence-corrected chi connectivity index (χ2v) is 3.86. The fourth-order valence-electron chi connectivity index (χ4n) is 1.80. The molecule has 0 aromatic rings. The van der Waals surface area contributed by atoms with Gasteiger partial charge in [0.05, 0.1) is 13.2 Å². The van der Waals surface area contributed by atoms with Crippen LogP contribution in [0.4, 0.5) is 0 Å². The van der Waals surface area contributed by atoms with Crippen LogP contribution in [-0.2, 0) is 14.2 Å². The summed E-state index contributed by atoms with van der Waals surface area (Å²) >= 11 is 0.